The van der Waals surface area contributed by atoms with E-state index < -0.39 is 24.7 Å². The molecule has 0 aliphatic heterocycles. The molecule has 0 bridgehead atoms. The molecule has 0 unspecified atom stereocenters. The van der Waals surface area contributed by atoms with Crippen molar-refractivity contribution in [3.8, 4) is 0 Å². The second-order valence-electron chi connectivity index (χ2n) is 3.66. The number of urea groups is 1. The van der Waals surface area contributed by atoms with Crippen molar-refractivity contribution in [2.45, 2.75) is 12.7 Å². The van der Waals surface area contributed by atoms with Gasteiger partial charge in [-0.15, -0.1) is 0 Å². The number of alkyl halides is 3. The quantitative estimate of drug-likeness (QED) is 0.784. The summed E-state index contributed by atoms with van der Waals surface area (Å²) in [5.41, 5.74) is 0.511. The number of halogens is 3. The number of nitrogens with one attached hydrogen (secondary N) is 2. The van der Waals surface area contributed by atoms with Gasteiger partial charge in [-0.25, -0.2) is 9.59 Å². The Bertz CT molecular complexity index is 474. The van der Waals surface area contributed by atoms with Gasteiger partial charge in [0, 0.05) is 6.54 Å². The van der Waals surface area contributed by atoms with E-state index >= 15 is 0 Å². The van der Waals surface area contributed by atoms with Crippen LogP contribution in [-0.2, 0) is 6.54 Å². The van der Waals surface area contributed by atoms with E-state index in [0.717, 1.165) is 0 Å². The van der Waals surface area contributed by atoms with Crippen LogP contribution in [0.1, 0.15) is 15.9 Å². The molecule has 2 amide bonds. The first-order valence-electron chi connectivity index (χ1n) is 5.18. The first-order valence-corrected chi connectivity index (χ1v) is 5.18. The van der Waals surface area contributed by atoms with Gasteiger partial charge in [0.1, 0.15) is 6.54 Å². The standard InChI is InChI=1S/C11H11F3N2O3/c12-11(13,14)6-16-10(19)15-5-7-2-1-3-8(4-7)9(17)18/h1-4H,5-6H2,(H,17,18)(H2,15,16,19). The van der Waals surface area contributed by atoms with Gasteiger partial charge in [0.2, 0.25) is 0 Å². The Kier molecular flexibility index (Phi) is 4.74. The Balaban J connectivity index is 2.46. The normalized spacial score (nSPS) is 10.9. The van der Waals surface area contributed by atoms with E-state index in [4.69, 9.17) is 5.11 Å². The maximum absolute atomic E-state index is 11.8. The van der Waals surface area contributed by atoms with Gasteiger partial charge in [0.15, 0.2) is 0 Å². The van der Waals surface area contributed by atoms with Crippen LogP contribution in [-0.4, -0.2) is 29.8 Å². The van der Waals surface area contributed by atoms with Crippen LogP contribution in [0.25, 0.3) is 0 Å². The fourth-order valence-corrected chi connectivity index (χ4v) is 1.24. The second kappa shape index (κ2) is 6.07. The first-order chi connectivity index (χ1) is 8.78. The Morgan fingerprint density at radius 2 is 1.89 bits per heavy atom. The van der Waals surface area contributed by atoms with Crippen LogP contribution in [0, 0.1) is 0 Å². The molecule has 8 heteroatoms. The summed E-state index contributed by atoms with van der Waals surface area (Å²) in [4.78, 5) is 21.7. The Hall–Kier alpha value is -2.25. The molecule has 1 aromatic rings. The number of hydrogen-bond acceptors (Lipinski definition) is 2. The lowest BCUT2D eigenvalue weighted by Crippen LogP contribution is -2.40. The molecule has 0 spiro atoms. The fourth-order valence-electron chi connectivity index (χ4n) is 1.24. The van der Waals surface area contributed by atoms with E-state index in [2.05, 4.69) is 5.32 Å². The maximum Gasteiger partial charge on any atom is 0.405 e. The van der Waals surface area contributed by atoms with Gasteiger partial charge in [-0.05, 0) is 17.7 Å². The molecule has 0 aromatic heterocycles. The van der Waals surface area contributed by atoms with Crippen molar-refractivity contribution in [3.63, 3.8) is 0 Å². The number of carbonyl (C=O) groups is 2. The molecular weight excluding hydrogens is 265 g/mol. The molecule has 5 nitrogen and oxygen atoms in total. The third-order valence-corrected chi connectivity index (χ3v) is 2.08. The summed E-state index contributed by atoms with van der Waals surface area (Å²) in [5, 5.41) is 12.6. The van der Waals surface area contributed by atoms with Crippen molar-refractivity contribution in [3.05, 3.63) is 35.4 Å². The SMILES string of the molecule is O=C(NCc1cccc(C(=O)O)c1)NCC(F)(F)F. The maximum atomic E-state index is 11.8. The molecule has 0 aliphatic carbocycles. The van der Waals surface area contributed by atoms with Crippen LogP contribution in [0.3, 0.4) is 0 Å². The van der Waals surface area contributed by atoms with E-state index in [-0.39, 0.29) is 12.1 Å². The summed E-state index contributed by atoms with van der Waals surface area (Å²) >= 11 is 0. The molecule has 1 aromatic carbocycles. The Labute approximate surface area is 106 Å². The highest BCUT2D eigenvalue weighted by atomic mass is 19.4. The molecule has 0 saturated heterocycles. The lowest BCUT2D eigenvalue weighted by molar-refractivity contribution is -0.122. The van der Waals surface area contributed by atoms with Crippen molar-refractivity contribution in [2.24, 2.45) is 0 Å². The molecular formula is C11H11F3N2O3. The highest BCUT2D eigenvalue weighted by molar-refractivity contribution is 5.87. The van der Waals surface area contributed by atoms with Crippen molar-refractivity contribution < 1.29 is 27.9 Å². The summed E-state index contributed by atoms with van der Waals surface area (Å²) in [6, 6.07) is 4.75. The van der Waals surface area contributed by atoms with Crippen molar-refractivity contribution in [2.75, 3.05) is 6.54 Å². The third-order valence-electron chi connectivity index (χ3n) is 2.08. The molecule has 0 atom stereocenters. The number of rotatable bonds is 4. The van der Waals surface area contributed by atoms with Crippen molar-refractivity contribution >= 4 is 12.0 Å². The topological polar surface area (TPSA) is 78.4 Å². The monoisotopic (exact) mass is 276 g/mol. The van der Waals surface area contributed by atoms with E-state index in [9.17, 15) is 22.8 Å². The third kappa shape index (κ3) is 5.75. The van der Waals surface area contributed by atoms with Crippen LogP contribution >= 0.6 is 0 Å². The summed E-state index contributed by atoms with van der Waals surface area (Å²) in [7, 11) is 0. The summed E-state index contributed by atoms with van der Waals surface area (Å²) in [6.45, 7) is -1.49. The van der Waals surface area contributed by atoms with Gasteiger partial charge in [-0.3, -0.25) is 0 Å². The van der Waals surface area contributed by atoms with Gasteiger partial charge in [-0.1, -0.05) is 12.1 Å². The Morgan fingerprint density at radius 1 is 1.21 bits per heavy atom. The molecule has 0 heterocycles. The zero-order valence-corrected chi connectivity index (χ0v) is 9.62. The minimum atomic E-state index is -4.47. The summed E-state index contributed by atoms with van der Waals surface area (Å²) in [5.74, 6) is -1.12. The number of aromatic carboxylic acids is 1. The van der Waals surface area contributed by atoms with E-state index in [0.29, 0.717) is 5.56 Å². The van der Waals surface area contributed by atoms with Gasteiger partial charge in [0.25, 0.3) is 0 Å². The average molecular weight is 276 g/mol. The smallest absolute Gasteiger partial charge is 0.405 e. The second-order valence-corrected chi connectivity index (χ2v) is 3.66. The molecule has 1 rings (SSSR count). The van der Waals surface area contributed by atoms with Crippen LogP contribution < -0.4 is 10.6 Å². The van der Waals surface area contributed by atoms with Crippen LogP contribution in [0.4, 0.5) is 18.0 Å². The van der Waals surface area contributed by atoms with Crippen molar-refractivity contribution in [1.29, 1.82) is 0 Å². The lowest BCUT2D eigenvalue weighted by Gasteiger charge is -2.10. The number of benzene rings is 1. The van der Waals surface area contributed by atoms with Crippen LogP contribution in [0.2, 0.25) is 0 Å². The van der Waals surface area contributed by atoms with Gasteiger partial charge < -0.3 is 15.7 Å². The molecule has 0 fully saturated rings. The van der Waals surface area contributed by atoms with Gasteiger partial charge >= 0.3 is 18.2 Å². The summed E-state index contributed by atoms with van der Waals surface area (Å²) in [6.07, 6.45) is -4.47. The number of carboxylic acids is 1. The number of carboxylic acid groups (broad SMARTS) is 1. The highest BCUT2D eigenvalue weighted by Crippen LogP contribution is 2.12. The molecule has 19 heavy (non-hydrogen) atoms. The van der Waals surface area contributed by atoms with E-state index in [1.54, 1.807) is 11.4 Å². The van der Waals surface area contributed by atoms with Crippen LogP contribution in [0.15, 0.2) is 24.3 Å². The predicted molar refractivity (Wildman–Crippen MR) is 59.7 cm³/mol. The lowest BCUT2D eigenvalue weighted by atomic mass is 10.1. The number of hydrogen-bond donors (Lipinski definition) is 3. The zero-order chi connectivity index (χ0) is 14.5. The minimum absolute atomic E-state index is 0.0370. The number of carbonyl (C=O) groups excluding carboxylic acids is 1. The zero-order valence-electron chi connectivity index (χ0n) is 9.62. The molecule has 0 aliphatic rings. The molecule has 0 radical (unpaired) electrons. The predicted octanol–water partition coefficient (Wildman–Crippen LogP) is 1.75. The van der Waals surface area contributed by atoms with Gasteiger partial charge in [0.05, 0.1) is 5.56 Å². The van der Waals surface area contributed by atoms with Crippen LogP contribution in [0.5, 0.6) is 0 Å². The van der Waals surface area contributed by atoms with Crippen molar-refractivity contribution in [1.82, 2.24) is 10.6 Å². The average Bonchev–Trinajstić information content (AvgIpc) is 2.33. The summed E-state index contributed by atoms with van der Waals surface area (Å²) < 4.78 is 35.4. The minimum Gasteiger partial charge on any atom is -0.478 e. The van der Waals surface area contributed by atoms with E-state index in [1.165, 1.54) is 18.2 Å². The highest BCUT2D eigenvalue weighted by Gasteiger charge is 2.27. The molecule has 0 saturated carbocycles. The molecule has 3 N–H and O–H groups in total. The van der Waals surface area contributed by atoms with E-state index in [1.807, 2.05) is 0 Å². The van der Waals surface area contributed by atoms with Gasteiger partial charge in [-0.2, -0.15) is 13.2 Å². The number of amides is 2. The largest absolute Gasteiger partial charge is 0.478 e. The Morgan fingerprint density at radius 3 is 2.47 bits per heavy atom. The first kappa shape index (κ1) is 14.8. The molecule has 104 valence electrons. The fraction of sp³-hybridized carbons (Fsp3) is 0.273.